The minimum atomic E-state index is 0. The zero-order valence-electron chi connectivity index (χ0n) is 11.4. The van der Waals surface area contributed by atoms with Crippen LogP contribution in [0.15, 0.2) is 44.7 Å². The Morgan fingerprint density at radius 1 is 1.11 bits per heavy atom. The monoisotopic (exact) mass is 328 g/mol. The summed E-state index contributed by atoms with van der Waals surface area (Å²) in [5.41, 5.74) is 2.68. The predicted molar refractivity (Wildman–Crippen MR) is 73.0 cm³/mol. The molecule has 19 heavy (non-hydrogen) atoms. The maximum Gasteiger partial charge on any atom is 0.0574 e. The molecule has 0 amide bonds. The first-order chi connectivity index (χ1) is 8.76. The Hall–Kier alpha value is -0.996. The van der Waals surface area contributed by atoms with Gasteiger partial charge in [-0.25, -0.2) is 0 Å². The first-order valence-electron chi connectivity index (χ1n) is 5.89. The maximum atomic E-state index is 4.20. The van der Waals surface area contributed by atoms with E-state index in [2.05, 4.69) is 26.5 Å². The molecule has 2 rings (SSSR count). The molecule has 0 aliphatic carbocycles. The van der Waals surface area contributed by atoms with E-state index < -0.39 is 0 Å². The van der Waals surface area contributed by atoms with E-state index in [1.807, 2.05) is 38.1 Å². The number of azo groups is 2. The van der Waals surface area contributed by atoms with Crippen LogP contribution in [-0.4, -0.2) is 13.6 Å². The molecule has 0 saturated heterocycles. The summed E-state index contributed by atoms with van der Waals surface area (Å²) >= 11 is 0. The van der Waals surface area contributed by atoms with E-state index in [9.17, 15) is 0 Å². The van der Waals surface area contributed by atoms with E-state index in [1.165, 1.54) is 0 Å². The molecular weight excluding hydrogens is 313 g/mol. The first-order valence-corrected chi connectivity index (χ1v) is 5.89. The molecule has 2 aromatic rings. The van der Waals surface area contributed by atoms with Gasteiger partial charge < -0.3 is 0 Å². The van der Waals surface area contributed by atoms with Crippen LogP contribution in [0.3, 0.4) is 0 Å². The van der Waals surface area contributed by atoms with Crippen LogP contribution in [0.5, 0.6) is 0 Å². The van der Waals surface area contributed by atoms with Gasteiger partial charge in [0.05, 0.1) is 6.54 Å². The number of hydrogen-bond donors (Lipinski definition) is 0. The first kappa shape index (κ1) is 16.1. The van der Waals surface area contributed by atoms with Gasteiger partial charge in [0.25, 0.3) is 0 Å². The Morgan fingerprint density at radius 2 is 1.84 bits per heavy atom. The minimum Gasteiger partial charge on any atom is -0.194 e. The third-order valence-corrected chi connectivity index (χ3v) is 2.67. The normalized spacial score (nSPS) is 11.3. The van der Waals surface area contributed by atoms with Crippen molar-refractivity contribution in [3.05, 3.63) is 35.9 Å². The van der Waals surface area contributed by atoms with E-state index in [1.54, 1.807) is 7.05 Å². The van der Waals surface area contributed by atoms with Gasteiger partial charge in [0.15, 0.2) is 0 Å². The third-order valence-electron chi connectivity index (χ3n) is 2.67. The van der Waals surface area contributed by atoms with Crippen LogP contribution in [0.1, 0.15) is 12.5 Å². The van der Waals surface area contributed by atoms with Gasteiger partial charge in [-0.2, -0.15) is 20.5 Å². The van der Waals surface area contributed by atoms with Crippen LogP contribution in [0.2, 0.25) is 0 Å². The van der Waals surface area contributed by atoms with Crippen molar-refractivity contribution >= 4 is 22.1 Å². The fourth-order valence-electron chi connectivity index (χ4n) is 1.79. The Labute approximate surface area is 138 Å². The summed E-state index contributed by atoms with van der Waals surface area (Å²) in [6.45, 7) is 4.67. The van der Waals surface area contributed by atoms with Gasteiger partial charge in [-0.15, -0.1) is 29.0 Å². The maximum absolute atomic E-state index is 4.20. The Morgan fingerprint density at radius 3 is 2.53 bits per heavy atom. The van der Waals surface area contributed by atoms with Gasteiger partial charge in [-0.3, -0.25) is 0 Å². The molecule has 0 N–H and O–H groups in total. The third kappa shape index (κ3) is 3.74. The molecule has 5 heteroatoms. The second-order valence-electron chi connectivity index (χ2n) is 3.88. The number of rotatable bonds is 3. The molecule has 0 aliphatic heterocycles. The Kier molecular flexibility index (Phi) is 6.39. The summed E-state index contributed by atoms with van der Waals surface area (Å²) < 4.78 is 0. The molecule has 0 bridgehead atoms. The molecule has 1 radical (unpaired) electrons. The van der Waals surface area contributed by atoms with Crippen molar-refractivity contribution in [1.29, 1.82) is 0 Å². The van der Waals surface area contributed by atoms with Gasteiger partial charge in [-0.05, 0) is 6.92 Å². The summed E-state index contributed by atoms with van der Waals surface area (Å²) in [7, 11) is 1.65. The van der Waals surface area contributed by atoms with Crippen molar-refractivity contribution in [3.8, 4) is 0 Å². The second kappa shape index (κ2) is 7.56. The molecule has 95 valence electrons. The van der Waals surface area contributed by atoms with E-state index in [0.717, 1.165) is 27.7 Å². The largest absolute Gasteiger partial charge is 0.194 e. The van der Waals surface area contributed by atoms with Gasteiger partial charge in [-0.1, -0.05) is 24.6 Å². The van der Waals surface area contributed by atoms with Crippen LogP contribution in [-0.2, 0) is 32.7 Å². The molecule has 0 atom stereocenters. The standard InChI is InChI=1S/C14H15N4.Y/c1-4-16-18-14-8-6-11-5-7-12(17-15-3)9-13(11)10(14)2;/h5-8H,4H2,1-3H3;/q-1;. The topological polar surface area (TPSA) is 49.4 Å². The second-order valence-corrected chi connectivity index (χ2v) is 3.88. The molecule has 0 fully saturated rings. The molecule has 2 aromatic carbocycles. The van der Waals surface area contributed by atoms with Crippen molar-refractivity contribution in [1.82, 2.24) is 0 Å². The number of aryl methyl sites for hydroxylation is 1. The molecule has 0 heterocycles. The van der Waals surface area contributed by atoms with Crippen molar-refractivity contribution in [2.24, 2.45) is 20.5 Å². The average Bonchev–Trinajstić information content (AvgIpc) is 2.39. The predicted octanol–water partition coefficient (Wildman–Crippen LogP) is 4.76. The van der Waals surface area contributed by atoms with Crippen LogP contribution in [0.4, 0.5) is 11.4 Å². The summed E-state index contributed by atoms with van der Waals surface area (Å²) in [6.07, 6.45) is 0. The van der Waals surface area contributed by atoms with Gasteiger partial charge >= 0.3 is 0 Å². The molecule has 0 spiro atoms. The van der Waals surface area contributed by atoms with E-state index in [-0.39, 0.29) is 32.7 Å². The summed E-state index contributed by atoms with van der Waals surface area (Å²) in [5.74, 6) is 0. The fraction of sp³-hybridized carbons (Fsp3) is 0.286. The average molecular weight is 328 g/mol. The summed E-state index contributed by atoms with van der Waals surface area (Å²) in [6, 6.07) is 11.2. The van der Waals surface area contributed by atoms with Crippen molar-refractivity contribution in [2.45, 2.75) is 13.8 Å². The molecule has 0 aromatic heterocycles. The SMILES string of the molecule is CCN=Nc1ccc2ccc(N=NC)[c-]c2c1C.[Y]. The molecular formula is C14H15N4Y-. The van der Waals surface area contributed by atoms with Crippen LogP contribution in [0, 0.1) is 13.0 Å². The Balaban J connectivity index is 0.00000180. The summed E-state index contributed by atoms with van der Waals surface area (Å²) in [5, 5.41) is 18.2. The zero-order chi connectivity index (χ0) is 13.0. The van der Waals surface area contributed by atoms with E-state index in [0.29, 0.717) is 6.54 Å². The number of hydrogen-bond acceptors (Lipinski definition) is 4. The zero-order valence-corrected chi connectivity index (χ0v) is 14.2. The molecule has 0 unspecified atom stereocenters. The van der Waals surface area contributed by atoms with Gasteiger partial charge in [0.1, 0.15) is 0 Å². The van der Waals surface area contributed by atoms with Crippen LogP contribution in [0.25, 0.3) is 10.8 Å². The van der Waals surface area contributed by atoms with Crippen molar-refractivity contribution < 1.29 is 32.7 Å². The smallest absolute Gasteiger partial charge is 0.0574 e. The van der Waals surface area contributed by atoms with Crippen LogP contribution >= 0.6 is 0 Å². The van der Waals surface area contributed by atoms with E-state index in [4.69, 9.17) is 0 Å². The number of fused-ring (bicyclic) bond motifs is 1. The molecule has 0 saturated carbocycles. The van der Waals surface area contributed by atoms with Crippen molar-refractivity contribution in [3.63, 3.8) is 0 Å². The van der Waals surface area contributed by atoms with Gasteiger partial charge in [0, 0.05) is 51.1 Å². The molecule has 0 aliphatic rings. The van der Waals surface area contributed by atoms with Crippen LogP contribution < -0.4 is 0 Å². The fourth-order valence-corrected chi connectivity index (χ4v) is 1.79. The van der Waals surface area contributed by atoms with Gasteiger partial charge in [0.2, 0.25) is 0 Å². The number of benzene rings is 2. The quantitative estimate of drug-likeness (QED) is 0.576. The van der Waals surface area contributed by atoms with Crippen molar-refractivity contribution in [2.75, 3.05) is 13.6 Å². The minimum absolute atomic E-state index is 0. The molecule has 4 nitrogen and oxygen atoms in total. The number of nitrogens with zero attached hydrogens (tertiary/aromatic N) is 4. The summed E-state index contributed by atoms with van der Waals surface area (Å²) in [4.78, 5) is 0. The van der Waals surface area contributed by atoms with E-state index >= 15 is 0 Å². The Bertz CT molecular complexity index is 620.